The number of carbonyl (C=O) groups is 1. The van der Waals surface area contributed by atoms with E-state index in [0.29, 0.717) is 12.2 Å². The second kappa shape index (κ2) is 15.1. The summed E-state index contributed by atoms with van der Waals surface area (Å²) in [7, 11) is -7.05. The van der Waals surface area contributed by atoms with E-state index in [4.69, 9.17) is 23.4 Å². The van der Waals surface area contributed by atoms with E-state index in [1.165, 1.54) is 32.3 Å². The molecule has 0 amide bonds. The highest BCUT2D eigenvalue weighted by Gasteiger charge is 2.47. The molecular weight excluding hydrogens is 619 g/mol. The first kappa shape index (κ1) is 32.7. The maximum Gasteiger partial charge on any atom is 0.150 e. The van der Waals surface area contributed by atoms with Gasteiger partial charge in [-0.2, -0.15) is 0 Å². The van der Waals surface area contributed by atoms with Crippen molar-refractivity contribution in [1.29, 1.82) is 0 Å². The average molecular weight is 649 g/mol. The van der Waals surface area contributed by atoms with Crippen LogP contribution in [0.1, 0.15) is 15.9 Å². The number of benzene rings is 6. The van der Waals surface area contributed by atoms with Crippen LogP contribution in [0.2, 0.25) is 0 Å². The largest absolute Gasteiger partial charge is 0.489 e. The van der Waals surface area contributed by atoms with Crippen LogP contribution < -0.4 is 44.6 Å². The second-order valence-electron chi connectivity index (χ2n) is 10.3. The van der Waals surface area contributed by atoms with E-state index in [1.807, 2.05) is 12.1 Å². The fraction of sp³-hybridized carbons (Fsp3) is 0.0263. The Morgan fingerprint density at radius 1 is 0.500 bits per heavy atom. The van der Waals surface area contributed by atoms with Crippen LogP contribution in [0.3, 0.4) is 0 Å². The van der Waals surface area contributed by atoms with E-state index in [0.717, 1.165) is 17.6 Å². The summed E-state index contributed by atoms with van der Waals surface area (Å²) in [5.41, 5.74) is 4.08. The number of hydrogen-bond acceptors (Lipinski definition) is 6. The van der Waals surface area contributed by atoms with E-state index in [-0.39, 0.29) is 0 Å². The minimum Gasteiger partial charge on any atom is -0.489 e. The van der Waals surface area contributed by atoms with Gasteiger partial charge in [0.05, 0.1) is 0 Å². The third kappa shape index (κ3) is 8.13. The molecule has 0 saturated heterocycles. The van der Waals surface area contributed by atoms with Gasteiger partial charge in [-0.25, -0.2) is 18.6 Å². The van der Waals surface area contributed by atoms with Gasteiger partial charge in [-0.1, -0.05) is 91.0 Å². The first-order chi connectivity index (χ1) is 22.3. The van der Waals surface area contributed by atoms with Gasteiger partial charge in [-0.3, -0.25) is 4.79 Å². The van der Waals surface area contributed by atoms with Gasteiger partial charge in [0.15, 0.2) is 0 Å². The van der Waals surface area contributed by atoms with Crippen molar-refractivity contribution in [2.45, 2.75) is 6.61 Å². The molecule has 0 spiro atoms. The molecule has 6 aromatic rings. The monoisotopic (exact) mass is 648 g/mol. The van der Waals surface area contributed by atoms with Gasteiger partial charge in [0.2, 0.25) is 0 Å². The predicted octanol–water partition coefficient (Wildman–Crippen LogP) is 2.61. The van der Waals surface area contributed by atoms with Crippen molar-refractivity contribution < 1.29 is 38.4 Å². The summed E-state index contributed by atoms with van der Waals surface area (Å²) >= 11 is 0. The van der Waals surface area contributed by atoms with Crippen LogP contribution >= 0.6 is 7.26 Å². The van der Waals surface area contributed by atoms with E-state index >= 15 is 0 Å². The van der Waals surface area contributed by atoms with Gasteiger partial charge >= 0.3 is 0 Å². The summed E-state index contributed by atoms with van der Waals surface area (Å²) in [4.78, 5) is 10.9. The topological polar surface area (TPSA) is 119 Å². The molecule has 0 aliphatic heterocycles. The fourth-order valence-corrected chi connectivity index (χ4v) is 9.57. The Morgan fingerprint density at radius 2 is 0.870 bits per heavy atom. The maximum absolute atomic E-state index is 10.9. The zero-order valence-electron chi connectivity index (χ0n) is 24.6. The van der Waals surface area contributed by atoms with Crippen molar-refractivity contribution in [3.63, 3.8) is 0 Å². The zero-order chi connectivity index (χ0) is 32.4. The molecule has 8 heteroatoms. The van der Waals surface area contributed by atoms with Crippen LogP contribution in [0.4, 0.5) is 0 Å². The van der Waals surface area contributed by atoms with Crippen molar-refractivity contribution >= 4 is 34.8 Å². The second-order valence-corrected chi connectivity index (χ2v) is 14.4. The van der Waals surface area contributed by atoms with Crippen molar-refractivity contribution in [1.82, 2.24) is 0 Å². The molecule has 0 radical (unpaired) electrons. The zero-order valence-corrected chi connectivity index (χ0v) is 26.3. The first-order valence-electron chi connectivity index (χ1n) is 14.3. The quantitative estimate of drug-likeness (QED) is 0.176. The van der Waals surface area contributed by atoms with Gasteiger partial charge in [-0.05, 0) is 89.5 Å². The van der Waals surface area contributed by atoms with Gasteiger partial charge in [-0.15, -0.1) is 10.2 Å². The lowest BCUT2D eigenvalue weighted by molar-refractivity contribution is -2.00. The molecule has 0 atom stereocenters. The van der Waals surface area contributed by atoms with E-state index in [9.17, 15) is 4.79 Å². The van der Waals surface area contributed by atoms with E-state index < -0.39 is 17.5 Å². The minimum absolute atomic E-state index is 0.470. The van der Waals surface area contributed by atoms with Crippen molar-refractivity contribution in [2.75, 3.05) is 0 Å². The Kier molecular flexibility index (Phi) is 10.7. The lowest BCUT2D eigenvalue weighted by Gasteiger charge is -2.27. The molecule has 6 nitrogen and oxygen atoms in total. The Hall–Kier alpha value is -4.65. The van der Waals surface area contributed by atoms with Gasteiger partial charge in [0.25, 0.3) is 0 Å². The summed E-state index contributed by atoms with van der Waals surface area (Å²) in [5.74, 6) is 0.748. The lowest BCUT2D eigenvalue weighted by atomic mass is 10.0. The molecule has 46 heavy (non-hydrogen) atoms. The Morgan fingerprint density at radius 3 is 1.26 bits per heavy atom. The molecule has 0 bridgehead atoms. The third-order valence-electron chi connectivity index (χ3n) is 7.39. The number of hydrogen-bond donors (Lipinski definition) is 0. The van der Waals surface area contributed by atoms with Crippen molar-refractivity contribution in [3.8, 4) is 16.9 Å². The van der Waals surface area contributed by atoms with Crippen molar-refractivity contribution in [2.24, 2.45) is 0 Å². The van der Waals surface area contributed by atoms with Gasteiger partial charge in [0, 0.05) is 5.56 Å². The van der Waals surface area contributed by atoms with Crippen LogP contribution in [0.25, 0.3) is 11.1 Å². The molecule has 0 saturated carbocycles. The molecular formula is C38H30ClO6P. The normalized spacial score (nSPS) is 11.2. The Bertz CT molecular complexity index is 1710. The SMILES string of the molecule is O=Cc1ccc(OCc2ccc(-c3ccc([P+](c4ccccc4)(c4ccccc4)c4ccccc4)cc3)cc2)cc1.[O-][Cl+3]([O-])([O-])[O-]. The van der Waals surface area contributed by atoms with E-state index in [1.54, 1.807) is 12.1 Å². The Balaban J connectivity index is 0.000000775. The number of rotatable bonds is 9. The molecule has 0 aliphatic rings. The highest BCUT2D eigenvalue weighted by molar-refractivity contribution is 8.01. The smallest absolute Gasteiger partial charge is 0.150 e. The molecule has 0 N–H and O–H groups in total. The van der Waals surface area contributed by atoms with Crippen LogP contribution in [-0.2, 0) is 6.61 Å². The Labute approximate surface area is 270 Å². The molecule has 0 aliphatic carbocycles. The van der Waals surface area contributed by atoms with Gasteiger partial charge in [0.1, 0.15) is 47.1 Å². The lowest BCUT2D eigenvalue weighted by Crippen LogP contribution is -2.68. The number of carbonyl (C=O) groups excluding carboxylic acids is 1. The molecule has 0 heterocycles. The molecule has 0 aromatic heterocycles. The van der Waals surface area contributed by atoms with Gasteiger partial charge < -0.3 is 4.74 Å². The molecule has 6 aromatic carbocycles. The standard InChI is InChI=1S/C38H30O2P.ClHO4/c39-28-30-18-24-34(25-19-30)40-29-31-16-20-32(21-17-31)33-22-26-38(27-23-33)41(35-10-4-1-5-11-35,36-12-6-2-7-13-36)37-14-8-3-9-15-37;2-1(3,4)5/h1-28H,29H2;(H,2,3,4,5)/q+1;/p-1. The van der Waals surface area contributed by atoms with Crippen molar-refractivity contribution in [3.05, 3.63) is 175 Å². The highest BCUT2D eigenvalue weighted by Crippen LogP contribution is 2.54. The summed E-state index contributed by atoms with van der Waals surface area (Å²) in [5, 5.41) is 5.36. The molecule has 0 unspecified atom stereocenters. The fourth-order valence-electron chi connectivity index (χ4n) is 5.33. The van der Waals surface area contributed by atoms with Crippen LogP contribution in [0.15, 0.2) is 164 Å². The van der Waals surface area contributed by atoms with Crippen LogP contribution in [0, 0.1) is 10.2 Å². The number of halogens is 1. The predicted molar refractivity (Wildman–Crippen MR) is 173 cm³/mol. The number of ether oxygens (including phenoxy) is 1. The summed E-state index contributed by atoms with van der Waals surface area (Å²) in [6.07, 6.45) is 0.835. The summed E-state index contributed by atoms with van der Waals surface area (Å²) < 4.78 is 39.9. The van der Waals surface area contributed by atoms with Crippen LogP contribution in [-0.4, -0.2) is 6.29 Å². The molecule has 0 fully saturated rings. The molecule has 6 rings (SSSR count). The third-order valence-corrected chi connectivity index (χ3v) is 11.7. The first-order valence-corrected chi connectivity index (χ1v) is 17.4. The summed E-state index contributed by atoms with van der Waals surface area (Å²) in [6, 6.07) is 57.6. The maximum atomic E-state index is 10.9. The van der Waals surface area contributed by atoms with Crippen LogP contribution in [0.5, 0.6) is 5.75 Å². The summed E-state index contributed by atoms with van der Waals surface area (Å²) in [6.45, 7) is 0.470. The average Bonchev–Trinajstić information content (AvgIpc) is 3.09. The number of aldehydes is 1. The van der Waals surface area contributed by atoms with E-state index in [2.05, 4.69) is 140 Å². The molecule has 230 valence electrons. The highest BCUT2D eigenvalue weighted by atomic mass is 35.7. The minimum atomic E-state index is -4.94.